The largest absolute Gasteiger partial charge is 0.357 e. The summed E-state index contributed by atoms with van der Waals surface area (Å²) in [5.41, 5.74) is 2.35. The maximum absolute atomic E-state index is 4.89. The summed E-state index contributed by atoms with van der Waals surface area (Å²) in [6, 6.07) is 10.5. The van der Waals surface area contributed by atoms with E-state index in [2.05, 4.69) is 67.7 Å². The number of piperazine rings is 1. The molecule has 32 heavy (non-hydrogen) atoms. The predicted octanol–water partition coefficient (Wildman–Crippen LogP) is 3.23. The van der Waals surface area contributed by atoms with Crippen LogP contribution in [0.5, 0.6) is 0 Å². The number of rotatable bonds is 7. The average molecular weight is 567 g/mol. The highest BCUT2D eigenvalue weighted by Gasteiger charge is 2.22. The van der Waals surface area contributed by atoms with Crippen LogP contribution in [0, 0.1) is 0 Å². The van der Waals surface area contributed by atoms with Crippen LogP contribution in [0.2, 0.25) is 0 Å². The lowest BCUT2D eigenvalue weighted by Crippen LogP contribution is -2.52. The standard InChI is InChI=1S/C22H30N8S.HI/c1-3-20-26-22(31-27-20)29-16-14-28(15-17-29)21(23-4-2)24-12-10-18-6-8-19(9-7-18)30-13-5-11-25-30;/h5-9,11,13H,3-4,10,12,14-17H2,1-2H3,(H,23,24);1H. The topological polar surface area (TPSA) is 74.5 Å². The number of aromatic nitrogens is 4. The van der Waals surface area contributed by atoms with Crippen molar-refractivity contribution in [2.24, 2.45) is 4.99 Å². The first-order chi connectivity index (χ1) is 15.3. The monoisotopic (exact) mass is 566 g/mol. The average Bonchev–Trinajstić information content (AvgIpc) is 3.52. The third-order valence-corrected chi connectivity index (χ3v) is 6.14. The number of hydrogen-bond donors (Lipinski definition) is 1. The molecule has 1 aliphatic heterocycles. The Kier molecular flexibility index (Phi) is 9.27. The molecule has 1 aromatic carbocycles. The summed E-state index contributed by atoms with van der Waals surface area (Å²) < 4.78 is 6.29. The molecular weight excluding hydrogens is 535 g/mol. The number of anilines is 1. The molecule has 1 fully saturated rings. The van der Waals surface area contributed by atoms with Gasteiger partial charge in [-0.05, 0) is 37.1 Å². The Bertz CT molecular complexity index is 962. The van der Waals surface area contributed by atoms with Gasteiger partial charge in [-0.15, -0.1) is 24.0 Å². The highest BCUT2D eigenvalue weighted by atomic mass is 127. The van der Waals surface area contributed by atoms with Gasteiger partial charge in [-0.3, -0.25) is 4.99 Å². The molecule has 0 radical (unpaired) electrons. The van der Waals surface area contributed by atoms with Crippen molar-refractivity contribution in [2.45, 2.75) is 26.7 Å². The van der Waals surface area contributed by atoms with E-state index in [9.17, 15) is 0 Å². The summed E-state index contributed by atoms with van der Waals surface area (Å²) in [6.07, 6.45) is 5.55. The Morgan fingerprint density at radius 3 is 2.53 bits per heavy atom. The molecule has 0 amide bonds. The van der Waals surface area contributed by atoms with Crippen molar-refractivity contribution in [3.8, 4) is 5.69 Å². The summed E-state index contributed by atoms with van der Waals surface area (Å²) in [7, 11) is 0. The molecule has 4 rings (SSSR count). The van der Waals surface area contributed by atoms with Gasteiger partial charge < -0.3 is 15.1 Å². The smallest absolute Gasteiger partial charge is 0.205 e. The number of guanidine groups is 1. The maximum Gasteiger partial charge on any atom is 0.205 e. The van der Waals surface area contributed by atoms with Crippen molar-refractivity contribution in [3.05, 3.63) is 54.1 Å². The summed E-state index contributed by atoms with van der Waals surface area (Å²) in [6.45, 7) is 9.60. The van der Waals surface area contributed by atoms with E-state index < -0.39 is 0 Å². The van der Waals surface area contributed by atoms with Crippen LogP contribution in [-0.2, 0) is 12.8 Å². The Balaban J connectivity index is 0.00000289. The lowest BCUT2D eigenvalue weighted by atomic mass is 10.1. The highest BCUT2D eigenvalue weighted by molar-refractivity contribution is 14.0. The zero-order valence-corrected chi connectivity index (χ0v) is 21.8. The van der Waals surface area contributed by atoms with Crippen LogP contribution < -0.4 is 10.2 Å². The number of aliphatic imine (C=N–C) groups is 1. The van der Waals surface area contributed by atoms with Crippen molar-refractivity contribution < 1.29 is 0 Å². The minimum absolute atomic E-state index is 0. The van der Waals surface area contributed by atoms with E-state index in [1.54, 1.807) is 6.20 Å². The van der Waals surface area contributed by atoms with Gasteiger partial charge in [0.15, 0.2) is 5.96 Å². The second-order valence-corrected chi connectivity index (χ2v) is 8.15. The lowest BCUT2D eigenvalue weighted by Gasteiger charge is -2.36. The normalized spacial score (nSPS) is 14.4. The molecule has 0 aliphatic carbocycles. The number of nitrogens with one attached hydrogen (secondary N) is 1. The molecular formula is C22H31IN8S. The van der Waals surface area contributed by atoms with Crippen LogP contribution in [0.4, 0.5) is 5.13 Å². The highest BCUT2D eigenvalue weighted by Crippen LogP contribution is 2.19. The summed E-state index contributed by atoms with van der Waals surface area (Å²) in [5, 5.41) is 8.77. The fourth-order valence-corrected chi connectivity index (χ4v) is 4.38. The second kappa shape index (κ2) is 12.1. The molecule has 0 saturated carbocycles. The molecule has 172 valence electrons. The number of hydrogen-bond acceptors (Lipinski definition) is 6. The van der Waals surface area contributed by atoms with Crippen LogP contribution in [-0.4, -0.2) is 69.3 Å². The first-order valence-electron chi connectivity index (χ1n) is 11.0. The number of halogens is 1. The Morgan fingerprint density at radius 2 is 1.91 bits per heavy atom. The van der Waals surface area contributed by atoms with Gasteiger partial charge in [0.1, 0.15) is 5.82 Å². The number of benzene rings is 1. The second-order valence-electron chi connectivity index (χ2n) is 7.42. The van der Waals surface area contributed by atoms with Gasteiger partial charge in [-0.2, -0.15) is 9.47 Å². The van der Waals surface area contributed by atoms with Gasteiger partial charge in [0.2, 0.25) is 5.13 Å². The van der Waals surface area contributed by atoms with Gasteiger partial charge in [0.25, 0.3) is 0 Å². The zero-order chi connectivity index (χ0) is 21.5. The molecule has 10 heteroatoms. The Labute approximate surface area is 210 Å². The van der Waals surface area contributed by atoms with Gasteiger partial charge in [0, 0.05) is 69.6 Å². The summed E-state index contributed by atoms with van der Waals surface area (Å²) >= 11 is 1.51. The third-order valence-electron chi connectivity index (χ3n) is 5.33. The molecule has 3 aromatic rings. The fraction of sp³-hybridized carbons (Fsp3) is 0.455. The Hall–Kier alpha value is -2.21. The summed E-state index contributed by atoms with van der Waals surface area (Å²) in [4.78, 5) is 14.2. The van der Waals surface area contributed by atoms with E-state index >= 15 is 0 Å². The van der Waals surface area contributed by atoms with Crippen LogP contribution in [0.1, 0.15) is 25.2 Å². The first kappa shape index (κ1) is 24.4. The van der Waals surface area contributed by atoms with Crippen molar-refractivity contribution in [1.29, 1.82) is 0 Å². The molecule has 0 unspecified atom stereocenters. The third kappa shape index (κ3) is 6.18. The van der Waals surface area contributed by atoms with Crippen LogP contribution in [0.15, 0.2) is 47.7 Å². The van der Waals surface area contributed by atoms with Crippen LogP contribution in [0.3, 0.4) is 0 Å². The molecule has 1 aliphatic rings. The molecule has 0 spiro atoms. The molecule has 1 N–H and O–H groups in total. The predicted molar refractivity (Wildman–Crippen MR) is 142 cm³/mol. The Morgan fingerprint density at radius 1 is 1.12 bits per heavy atom. The zero-order valence-electron chi connectivity index (χ0n) is 18.6. The summed E-state index contributed by atoms with van der Waals surface area (Å²) in [5.74, 6) is 1.94. The fourth-order valence-electron chi connectivity index (χ4n) is 3.58. The lowest BCUT2D eigenvalue weighted by molar-refractivity contribution is 0.372. The van der Waals surface area contributed by atoms with Gasteiger partial charge in [-0.25, -0.2) is 9.67 Å². The van der Waals surface area contributed by atoms with Gasteiger partial charge >= 0.3 is 0 Å². The van der Waals surface area contributed by atoms with E-state index in [0.717, 1.165) is 74.7 Å². The quantitative estimate of drug-likeness (QED) is 0.269. The minimum Gasteiger partial charge on any atom is -0.357 e. The maximum atomic E-state index is 4.89. The number of nitrogens with zero attached hydrogens (tertiary/aromatic N) is 7. The molecule has 0 atom stereocenters. The molecule has 0 bridgehead atoms. The van der Waals surface area contributed by atoms with Crippen molar-refractivity contribution in [1.82, 2.24) is 29.4 Å². The van der Waals surface area contributed by atoms with Crippen molar-refractivity contribution in [3.63, 3.8) is 0 Å². The van der Waals surface area contributed by atoms with Crippen LogP contribution in [0.25, 0.3) is 5.69 Å². The van der Waals surface area contributed by atoms with E-state index in [-0.39, 0.29) is 24.0 Å². The van der Waals surface area contributed by atoms with Crippen molar-refractivity contribution in [2.75, 3.05) is 44.2 Å². The van der Waals surface area contributed by atoms with Crippen LogP contribution >= 0.6 is 35.5 Å². The molecule has 8 nitrogen and oxygen atoms in total. The molecule has 3 heterocycles. The van der Waals surface area contributed by atoms with Gasteiger partial charge in [-0.1, -0.05) is 19.1 Å². The van der Waals surface area contributed by atoms with E-state index in [1.165, 1.54) is 17.1 Å². The van der Waals surface area contributed by atoms with Gasteiger partial charge in [0.05, 0.1) is 5.69 Å². The van der Waals surface area contributed by atoms with E-state index in [4.69, 9.17) is 4.99 Å². The van der Waals surface area contributed by atoms with Crippen molar-refractivity contribution >= 4 is 46.6 Å². The molecule has 2 aromatic heterocycles. The van der Waals surface area contributed by atoms with E-state index in [0.29, 0.717) is 0 Å². The molecule has 1 saturated heterocycles. The van der Waals surface area contributed by atoms with E-state index in [1.807, 2.05) is 16.9 Å². The minimum atomic E-state index is 0. The first-order valence-corrected chi connectivity index (χ1v) is 11.7. The SMILES string of the molecule is CCNC(=NCCc1ccc(-n2cccn2)cc1)N1CCN(c2nc(CC)ns2)CC1.I. The number of aryl methyl sites for hydroxylation is 1.